The van der Waals surface area contributed by atoms with Crippen LogP contribution in [0.2, 0.25) is 0 Å². The Balaban J connectivity index is 0.00000544. The van der Waals surface area contributed by atoms with Crippen molar-refractivity contribution in [2.24, 2.45) is 10.2 Å². The molecule has 6 heteroatoms. The normalized spacial score (nSPS) is 11.6. The molecule has 184 valence electrons. The summed E-state index contributed by atoms with van der Waals surface area (Å²) in [6, 6.07) is 13.3. The maximum Gasteiger partial charge on any atom is 0.182 e. The lowest BCUT2D eigenvalue weighted by Crippen LogP contribution is -3.00. The average Bonchev–Trinajstić information content (AvgIpc) is 2.76. The van der Waals surface area contributed by atoms with Crippen LogP contribution in [0, 0.1) is 6.92 Å². The lowest BCUT2D eigenvalue weighted by molar-refractivity contribution is -0.922. The van der Waals surface area contributed by atoms with Gasteiger partial charge in [0, 0.05) is 0 Å². The number of unbranched alkanes of at least 4 members (excludes halogenated alkanes) is 7. The molecule has 0 bridgehead atoms. The molecule has 0 saturated carbocycles. The highest BCUT2D eigenvalue weighted by Gasteiger charge is 2.18. The van der Waals surface area contributed by atoms with Crippen molar-refractivity contribution in [3.05, 3.63) is 53.6 Å². The minimum Gasteiger partial charge on any atom is -1.00 e. The number of azo groups is 1. The van der Waals surface area contributed by atoms with Crippen LogP contribution in [0.1, 0.15) is 69.4 Å². The molecule has 0 aliphatic heterocycles. The lowest BCUT2D eigenvalue weighted by atomic mass is 10.1. The molecule has 1 N–H and O–H groups in total. The van der Waals surface area contributed by atoms with Crippen LogP contribution in [0.4, 0.5) is 11.4 Å². The Labute approximate surface area is 206 Å². The first-order valence-corrected chi connectivity index (χ1v) is 12.1. The van der Waals surface area contributed by atoms with E-state index in [4.69, 9.17) is 4.74 Å². The van der Waals surface area contributed by atoms with Crippen LogP contribution in [-0.2, 0) is 11.3 Å². The maximum atomic E-state index is 10.3. The molecule has 0 unspecified atom stereocenters. The van der Waals surface area contributed by atoms with Gasteiger partial charge in [0.15, 0.2) is 6.73 Å². The van der Waals surface area contributed by atoms with Crippen molar-refractivity contribution < 1.29 is 26.7 Å². The number of ether oxygens (including phenoxy) is 1. The molecule has 0 aliphatic carbocycles. The summed E-state index contributed by atoms with van der Waals surface area (Å²) >= 11 is 0. The molecule has 0 fully saturated rings. The fourth-order valence-electron chi connectivity index (χ4n) is 3.64. The van der Waals surface area contributed by atoms with Crippen molar-refractivity contribution in [1.82, 2.24) is 0 Å². The lowest BCUT2D eigenvalue weighted by Gasteiger charge is -2.29. The van der Waals surface area contributed by atoms with Crippen molar-refractivity contribution in [2.45, 2.75) is 71.8 Å². The van der Waals surface area contributed by atoms with Crippen molar-refractivity contribution in [3.8, 4) is 5.75 Å². The molecule has 0 aromatic heterocycles. The van der Waals surface area contributed by atoms with Gasteiger partial charge in [-0.15, -0.1) is 0 Å². The molecule has 5 nitrogen and oxygen atoms in total. The Kier molecular flexibility index (Phi) is 13.9. The van der Waals surface area contributed by atoms with Gasteiger partial charge in [0.2, 0.25) is 0 Å². The summed E-state index contributed by atoms with van der Waals surface area (Å²) in [4.78, 5) is 0. The summed E-state index contributed by atoms with van der Waals surface area (Å²) in [6.07, 6.45) is 10.4. The first-order chi connectivity index (χ1) is 15.4. The van der Waals surface area contributed by atoms with Gasteiger partial charge in [0.05, 0.1) is 37.6 Å². The van der Waals surface area contributed by atoms with E-state index < -0.39 is 0 Å². The second-order valence-corrected chi connectivity index (χ2v) is 9.45. The maximum absolute atomic E-state index is 10.3. The smallest absolute Gasteiger partial charge is 0.182 e. The van der Waals surface area contributed by atoms with Crippen molar-refractivity contribution in [3.63, 3.8) is 0 Å². The minimum absolute atomic E-state index is 0. The van der Waals surface area contributed by atoms with Gasteiger partial charge in [0.25, 0.3) is 0 Å². The molecule has 2 rings (SSSR count). The SMILES string of the molecule is CCCCCCCCCCOC[N+](C)(C)Cc1cc(N=Nc2ccc(C)cc2)ccc1O.[Cl-]. The van der Waals surface area contributed by atoms with Crippen LogP contribution < -0.4 is 12.4 Å². The van der Waals surface area contributed by atoms with E-state index in [0.29, 0.717) is 17.8 Å². The number of rotatable bonds is 15. The number of hydrogen-bond acceptors (Lipinski definition) is 4. The predicted molar refractivity (Wildman–Crippen MR) is 133 cm³/mol. The van der Waals surface area contributed by atoms with E-state index in [0.717, 1.165) is 30.0 Å². The standard InChI is InChI=1S/C27H41N3O2.ClH/c1-5-6-7-8-9-10-11-12-19-32-22-30(3,4)21-24-20-26(17-18-27(24)31)29-28-25-15-13-23(2)14-16-25;/h13-18,20H,5-12,19,21-22H2,1-4H3;1H. The topological polar surface area (TPSA) is 54.2 Å². The van der Waals surface area contributed by atoms with Crippen LogP contribution in [0.5, 0.6) is 5.75 Å². The number of quaternary nitrogens is 1. The van der Waals surface area contributed by atoms with Crippen LogP contribution in [0.15, 0.2) is 52.7 Å². The molecule has 0 saturated heterocycles. The zero-order chi connectivity index (χ0) is 23.2. The number of hydrogen-bond donors (Lipinski definition) is 1. The van der Waals surface area contributed by atoms with Gasteiger partial charge in [-0.1, -0.05) is 69.6 Å². The van der Waals surface area contributed by atoms with Crippen molar-refractivity contribution in [2.75, 3.05) is 27.4 Å². The van der Waals surface area contributed by atoms with Crippen LogP contribution in [0.3, 0.4) is 0 Å². The largest absolute Gasteiger partial charge is 1.00 e. The summed E-state index contributed by atoms with van der Waals surface area (Å²) in [5.74, 6) is 0.286. The van der Waals surface area contributed by atoms with Crippen LogP contribution in [0.25, 0.3) is 0 Å². The van der Waals surface area contributed by atoms with Crippen molar-refractivity contribution in [1.29, 1.82) is 0 Å². The Morgan fingerprint density at radius 3 is 2.06 bits per heavy atom. The first kappa shape index (κ1) is 29.1. The van der Waals surface area contributed by atoms with Gasteiger partial charge in [-0.25, -0.2) is 0 Å². The number of aryl methyl sites for hydroxylation is 1. The van der Waals surface area contributed by atoms with Gasteiger partial charge in [-0.2, -0.15) is 10.2 Å². The van der Waals surface area contributed by atoms with Gasteiger partial charge in [-0.05, 0) is 43.7 Å². The number of phenolic OH excluding ortho intramolecular Hbond substituents is 1. The van der Waals surface area contributed by atoms with Crippen LogP contribution in [-0.4, -0.2) is 37.0 Å². The van der Waals surface area contributed by atoms with Gasteiger partial charge < -0.3 is 26.7 Å². The zero-order valence-corrected chi connectivity index (χ0v) is 21.7. The Morgan fingerprint density at radius 1 is 0.818 bits per heavy atom. The fourth-order valence-corrected chi connectivity index (χ4v) is 3.64. The van der Waals surface area contributed by atoms with E-state index in [1.807, 2.05) is 37.3 Å². The molecule has 0 atom stereocenters. The molecule has 33 heavy (non-hydrogen) atoms. The molecule has 2 aromatic rings. The molecule has 0 heterocycles. The Bertz CT molecular complexity index is 823. The average molecular weight is 476 g/mol. The molecule has 0 amide bonds. The third-order valence-corrected chi connectivity index (χ3v) is 5.56. The second-order valence-electron chi connectivity index (χ2n) is 9.45. The number of nitrogens with zero attached hydrogens (tertiary/aromatic N) is 3. The zero-order valence-electron chi connectivity index (χ0n) is 20.9. The van der Waals surface area contributed by atoms with E-state index in [-0.39, 0.29) is 18.2 Å². The van der Waals surface area contributed by atoms with Crippen LogP contribution >= 0.6 is 0 Å². The molecule has 2 aromatic carbocycles. The highest BCUT2D eigenvalue weighted by Crippen LogP contribution is 2.27. The summed E-state index contributed by atoms with van der Waals surface area (Å²) in [5.41, 5.74) is 3.60. The van der Waals surface area contributed by atoms with Crippen molar-refractivity contribution >= 4 is 11.4 Å². The fraction of sp³-hybridized carbons (Fsp3) is 0.556. The summed E-state index contributed by atoms with van der Waals surface area (Å²) in [6.45, 7) is 6.38. The second kappa shape index (κ2) is 15.8. The van der Waals surface area contributed by atoms with E-state index in [1.165, 1.54) is 50.5 Å². The first-order valence-electron chi connectivity index (χ1n) is 12.1. The quantitative estimate of drug-likeness (QED) is 0.174. The minimum atomic E-state index is 0. The van der Waals surface area contributed by atoms with Gasteiger partial charge in [0.1, 0.15) is 12.3 Å². The van der Waals surface area contributed by atoms with Gasteiger partial charge in [-0.3, -0.25) is 0 Å². The van der Waals surface area contributed by atoms with E-state index >= 15 is 0 Å². The number of benzene rings is 2. The molecule has 0 aliphatic rings. The van der Waals surface area contributed by atoms with E-state index in [2.05, 4.69) is 31.2 Å². The monoisotopic (exact) mass is 475 g/mol. The summed E-state index contributed by atoms with van der Waals surface area (Å²) in [7, 11) is 4.24. The summed E-state index contributed by atoms with van der Waals surface area (Å²) in [5, 5.41) is 19.0. The van der Waals surface area contributed by atoms with E-state index in [9.17, 15) is 5.11 Å². The Hall–Kier alpha value is -1.95. The third-order valence-electron chi connectivity index (χ3n) is 5.56. The number of phenols is 1. The molecule has 0 spiro atoms. The van der Waals surface area contributed by atoms with E-state index in [1.54, 1.807) is 12.1 Å². The Morgan fingerprint density at radius 2 is 1.39 bits per heavy atom. The predicted octanol–water partition coefficient (Wildman–Crippen LogP) is 4.81. The highest BCUT2D eigenvalue weighted by molar-refractivity contribution is 5.47. The van der Waals surface area contributed by atoms with Gasteiger partial charge >= 0.3 is 0 Å². The highest BCUT2D eigenvalue weighted by atomic mass is 35.5. The molecular formula is C27H42ClN3O2. The third kappa shape index (κ3) is 12.2. The number of halogens is 1. The summed E-state index contributed by atoms with van der Waals surface area (Å²) < 4.78 is 6.59. The molecular weight excluding hydrogens is 434 g/mol. The molecule has 0 radical (unpaired) electrons. The number of aromatic hydroxyl groups is 1.